The molecule has 3 rings (SSSR count). The Kier molecular flexibility index (Phi) is 3.69. The maximum atomic E-state index is 10.5. The number of aliphatic hydroxyl groups is 1. The fourth-order valence-electron chi connectivity index (χ4n) is 2.66. The zero-order chi connectivity index (χ0) is 13.1. The Hall–Kier alpha value is -1.16. The summed E-state index contributed by atoms with van der Waals surface area (Å²) in [4.78, 5) is 2.55. The highest BCUT2D eigenvalue weighted by atomic mass is 32.1. The summed E-state index contributed by atoms with van der Waals surface area (Å²) < 4.78 is 0. The topological polar surface area (TPSA) is 32.3 Å². The summed E-state index contributed by atoms with van der Waals surface area (Å²) >= 11 is 1.79. The molecule has 2 heterocycles. The maximum Gasteiger partial charge on any atom is 0.0820 e. The van der Waals surface area contributed by atoms with Crippen molar-refractivity contribution in [1.82, 2.24) is 5.32 Å². The smallest absolute Gasteiger partial charge is 0.0820 e. The van der Waals surface area contributed by atoms with Crippen molar-refractivity contribution in [1.29, 1.82) is 0 Å². The first-order valence-electron chi connectivity index (χ1n) is 6.82. The maximum absolute atomic E-state index is 10.5. The molecule has 0 spiro atoms. The van der Waals surface area contributed by atoms with Gasteiger partial charge in [0.15, 0.2) is 0 Å². The molecule has 1 fully saturated rings. The van der Waals surface area contributed by atoms with E-state index in [1.165, 1.54) is 15.3 Å². The summed E-state index contributed by atoms with van der Waals surface area (Å²) in [5.74, 6) is 0. The summed E-state index contributed by atoms with van der Waals surface area (Å²) in [6.45, 7) is 1.74. The Morgan fingerprint density at radius 1 is 1.16 bits per heavy atom. The number of nitrogens with one attached hydrogen (secondary N) is 1. The average molecular weight is 273 g/mol. The highest BCUT2D eigenvalue weighted by molar-refractivity contribution is 7.15. The van der Waals surface area contributed by atoms with Gasteiger partial charge in [-0.2, -0.15) is 0 Å². The Morgan fingerprint density at radius 3 is 2.74 bits per heavy atom. The van der Waals surface area contributed by atoms with Gasteiger partial charge >= 0.3 is 0 Å². The highest BCUT2D eigenvalue weighted by Crippen LogP contribution is 2.31. The van der Waals surface area contributed by atoms with Crippen LogP contribution in [0, 0.1) is 0 Å². The van der Waals surface area contributed by atoms with Gasteiger partial charge in [-0.3, -0.25) is 0 Å². The molecular weight excluding hydrogens is 254 g/mol. The molecule has 1 aromatic carbocycles. The highest BCUT2D eigenvalue weighted by Gasteiger charge is 2.29. The molecule has 19 heavy (non-hydrogen) atoms. The van der Waals surface area contributed by atoms with Gasteiger partial charge in [0.2, 0.25) is 0 Å². The second-order valence-corrected chi connectivity index (χ2v) is 6.48. The first-order valence-corrected chi connectivity index (χ1v) is 7.64. The number of β-amino-alcohol motifs (C(OH)–C–C–N with tert-alkyl or cyclic N) is 1. The molecule has 0 aliphatic carbocycles. The molecule has 0 radical (unpaired) electrons. The van der Waals surface area contributed by atoms with Crippen LogP contribution in [0.15, 0.2) is 42.5 Å². The van der Waals surface area contributed by atoms with E-state index in [-0.39, 0.29) is 0 Å². The van der Waals surface area contributed by atoms with Crippen LogP contribution in [-0.4, -0.2) is 23.8 Å². The molecule has 1 aliphatic heterocycles. The SMILES string of the molecule is OC1(Cc2ccc(-c3ccccc3)s2)CCCNC1. The van der Waals surface area contributed by atoms with Crippen molar-refractivity contribution in [3.63, 3.8) is 0 Å². The van der Waals surface area contributed by atoms with Crippen LogP contribution in [0.3, 0.4) is 0 Å². The molecule has 100 valence electrons. The van der Waals surface area contributed by atoms with Gasteiger partial charge < -0.3 is 10.4 Å². The Morgan fingerprint density at radius 2 is 2.00 bits per heavy atom. The zero-order valence-corrected chi connectivity index (χ0v) is 11.7. The van der Waals surface area contributed by atoms with E-state index in [0.717, 1.165) is 25.8 Å². The Bertz CT molecular complexity index is 529. The van der Waals surface area contributed by atoms with E-state index in [0.29, 0.717) is 6.54 Å². The van der Waals surface area contributed by atoms with E-state index >= 15 is 0 Å². The number of hydrogen-bond donors (Lipinski definition) is 2. The first-order chi connectivity index (χ1) is 9.25. The second kappa shape index (κ2) is 5.45. The van der Waals surface area contributed by atoms with Gasteiger partial charge in [0.1, 0.15) is 0 Å². The summed E-state index contributed by atoms with van der Waals surface area (Å²) in [5, 5.41) is 13.8. The van der Waals surface area contributed by atoms with Gasteiger partial charge in [-0.05, 0) is 37.1 Å². The van der Waals surface area contributed by atoms with Gasteiger partial charge in [-0.15, -0.1) is 11.3 Å². The van der Waals surface area contributed by atoms with E-state index in [1.54, 1.807) is 11.3 Å². The molecular formula is C16H19NOS. The summed E-state index contributed by atoms with van der Waals surface area (Å²) in [6, 6.07) is 14.7. The third kappa shape index (κ3) is 3.06. The lowest BCUT2D eigenvalue weighted by Crippen LogP contribution is -2.46. The van der Waals surface area contributed by atoms with Crippen LogP contribution in [0.25, 0.3) is 10.4 Å². The standard InChI is InChI=1S/C16H19NOS/c18-16(9-4-10-17-12-16)11-14-7-8-15(19-14)13-5-2-1-3-6-13/h1-3,5-8,17-18H,4,9-12H2. The quantitative estimate of drug-likeness (QED) is 0.901. The van der Waals surface area contributed by atoms with Crippen LogP contribution in [0.5, 0.6) is 0 Å². The minimum Gasteiger partial charge on any atom is -0.388 e. The molecule has 0 amide bonds. The second-order valence-electron chi connectivity index (χ2n) is 5.31. The van der Waals surface area contributed by atoms with E-state index in [2.05, 4.69) is 41.7 Å². The van der Waals surface area contributed by atoms with Crippen molar-refractivity contribution < 1.29 is 5.11 Å². The molecule has 2 aromatic rings. The first kappa shape index (κ1) is 12.9. The Labute approximate surface area is 118 Å². The third-order valence-corrected chi connectivity index (χ3v) is 4.81. The predicted octanol–water partition coefficient (Wildman–Crippen LogP) is 3.07. The number of benzene rings is 1. The summed E-state index contributed by atoms with van der Waals surface area (Å²) in [5.41, 5.74) is 0.698. The molecule has 0 bridgehead atoms. The van der Waals surface area contributed by atoms with Gasteiger partial charge in [-0.25, -0.2) is 0 Å². The molecule has 2 nitrogen and oxygen atoms in total. The van der Waals surface area contributed by atoms with Crippen LogP contribution >= 0.6 is 11.3 Å². The number of piperidine rings is 1. The molecule has 1 aromatic heterocycles. The van der Waals surface area contributed by atoms with Crippen molar-refractivity contribution in [3.05, 3.63) is 47.3 Å². The fraction of sp³-hybridized carbons (Fsp3) is 0.375. The molecule has 0 saturated carbocycles. The van der Waals surface area contributed by atoms with Gasteiger partial charge in [0.25, 0.3) is 0 Å². The monoisotopic (exact) mass is 273 g/mol. The van der Waals surface area contributed by atoms with E-state index < -0.39 is 5.60 Å². The van der Waals surface area contributed by atoms with Crippen molar-refractivity contribution in [2.24, 2.45) is 0 Å². The van der Waals surface area contributed by atoms with E-state index in [9.17, 15) is 5.11 Å². The largest absolute Gasteiger partial charge is 0.388 e. The molecule has 3 heteroatoms. The molecule has 1 atom stereocenters. The lowest BCUT2D eigenvalue weighted by Gasteiger charge is -2.32. The van der Waals surface area contributed by atoms with E-state index in [1.807, 2.05) is 6.07 Å². The number of hydrogen-bond acceptors (Lipinski definition) is 3. The van der Waals surface area contributed by atoms with Crippen molar-refractivity contribution in [2.75, 3.05) is 13.1 Å². The summed E-state index contributed by atoms with van der Waals surface area (Å²) in [6.07, 6.45) is 2.73. The lowest BCUT2D eigenvalue weighted by molar-refractivity contribution is 0.0176. The normalized spacial score (nSPS) is 23.4. The van der Waals surface area contributed by atoms with Crippen LogP contribution in [0.4, 0.5) is 0 Å². The fourth-order valence-corrected chi connectivity index (χ4v) is 3.81. The Balaban J connectivity index is 1.75. The number of rotatable bonds is 3. The van der Waals surface area contributed by atoms with Gasteiger partial charge in [0.05, 0.1) is 5.60 Å². The van der Waals surface area contributed by atoms with Crippen LogP contribution in [-0.2, 0) is 6.42 Å². The van der Waals surface area contributed by atoms with Crippen molar-refractivity contribution >= 4 is 11.3 Å². The zero-order valence-electron chi connectivity index (χ0n) is 10.9. The lowest BCUT2D eigenvalue weighted by atomic mass is 9.90. The van der Waals surface area contributed by atoms with Crippen LogP contribution in [0.2, 0.25) is 0 Å². The third-order valence-electron chi connectivity index (χ3n) is 3.67. The van der Waals surface area contributed by atoms with Crippen LogP contribution in [0.1, 0.15) is 17.7 Å². The molecule has 1 unspecified atom stereocenters. The van der Waals surface area contributed by atoms with Gasteiger partial charge in [-0.1, -0.05) is 30.3 Å². The van der Waals surface area contributed by atoms with Gasteiger partial charge in [0, 0.05) is 22.7 Å². The molecule has 2 N–H and O–H groups in total. The van der Waals surface area contributed by atoms with Crippen molar-refractivity contribution in [3.8, 4) is 10.4 Å². The molecule has 1 aliphatic rings. The number of thiophene rings is 1. The molecule has 1 saturated heterocycles. The minimum atomic E-state index is -0.558. The summed E-state index contributed by atoms with van der Waals surface area (Å²) in [7, 11) is 0. The van der Waals surface area contributed by atoms with Crippen molar-refractivity contribution in [2.45, 2.75) is 24.9 Å². The van der Waals surface area contributed by atoms with Crippen LogP contribution < -0.4 is 5.32 Å². The van der Waals surface area contributed by atoms with E-state index in [4.69, 9.17) is 0 Å². The minimum absolute atomic E-state index is 0.558. The predicted molar refractivity (Wildman–Crippen MR) is 80.5 cm³/mol. The average Bonchev–Trinajstić information content (AvgIpc) is 2.88.